The Bertz CT molecular complexity index is 577. The van der Waals surface area contributed by atoms with Crippen LogP contribution in [0.25, 0.3) is 0 Å². The van der Waals surface area contributed by atoms with Gasteiger partial charge in [-0.3, -0.25) is 0 Å². The fraction of sp³-hybridized carbons (Fsp3) is 0.600. The fourth-order valence-corrected chi connectivity index (χ4v) is 4.47. The Hall–Kier alpha value is -0.910. The van der Waals surface area contributed by atoms with Gasteiger partial charge in [0.15, 0.2) is 0 Å². The lowest BCUT2D eigenvalue weighted by molar-refractivity contribution is 0.420. The Morgan fingerprint density at radius 2 is 1.90 bits per heavy atom. The molecule has 0 radical (unpaired) electrons. The van der Waals surface area contributed by atoms with E-state index in [2.05, 4.69) is 5.32 Å². The number of sulfonamides is 1. The van der Waals surface area contributed by atoms with E-state index in [0.29, 0.717) is 24.0 Å². The van der Waals surface area contributed by atoms with Crippen LogP contribution in [0.4, 0.5) is 0 Å². The zero-order valence-corrected chi connectivity index (χ0v) is 12.7. The van der Waals surface area contributed by atoms with Crippen molar-refractivity contribution in [2.75, 3.05) is 6.54 Å². The highest BCUT2D eigenvalue weighted by Crippen LogP contribution is 2.32. The molecule has 2 saturated carbocycles. The quantitative estimate of drug-likeness (QED) is 0.838. The van der Waals surface area contributed by atoms with E-state index >= 15 is 0 Å². The number of benzene rings is 1. The molecule has 110 valence electrons. The first-order valence-electron chi connectivity index (χ1n) is 7.46. The van der Waals surface area contributed by atoms with Gasteiger partial charge in [-0.05, 0) is 37.3 Å². The molecule has 0 heterocycles. The van der Waals surface area contributed by atoms with E-state index in [4.69, 9.17) is 0 Å². The predicted molar refractivity (Wildman–Crippen MR) is 78.9 cm³/mol. The summed E-state index contributed by atoms with van der Waals surface area (Å²) in [5.74, 6) is 0. The molecule has 2 aliphatic rings. The second-order valence-corrected chi connectivity index (χ2v) is 7.56. The van der Waals surface area contributed by atoms with Gasteiger partial charge in [0.05, 0.1) is 4.90 Å². The summed E-state index contributed by atoms with van der Waals surface area (Å²) in [6.07, 6.45) is 4.40. The van der Waals surface area contributed by atoms with E-state index in [-0.39, 0.29) is 6.04 Å². The second kappa shape index (κ2) is 5.47. The van der Waals surface area contributed by atoms with E-state index < -0.39 is 10.0 Å². The third-order valence-electron chi connectivity index (χ3n) is 3.98. The van der Waals surface area contributed by atoms with Crippen LogP contribution in [0.2, 0.25) is 0 Å². The standard InChI is InChI=1S/C15H22N2O2S/c1-2-17(14-9-10-14)20(18,19)15-6-4-3-5-12(15)11-16-13-7-8-13/h3-6,13-14,16H,2,7-11H2,1H3. The van der Waals surface area contributed by atoms with Crippen molar-refractivity contribution in [3.8, 4) is 0 Å². The van der Waals surface area contributed by atoms with Crippen LogP contribution < -0.4 is 5.32 Å². The highest BCUT2D eigenvalue weighted by Gasteiger charge is 2.37. The molecule has 0 bridgehead atoms. The Labute approximate surface area is 121 Å². The molecule has 4 nitrogen and oxygen atoms in total. The van der Waals surface area contributed by atoms with Gasteiger partial charge in [-0.15, -0.1) is 0 Å². The van der Waals surface area contributed by atoms with Gasteiger partial charge in [-0.1, -0.05) is 25.1 Å². The first-order chi connectivity index (χ1) is 9.63. The summed E-state index contributed by atoms with van der Waals surface area (Å²) in [5.41, 5.74) is 0.888. The van der Waals surface area contributed by atoms with E-state index in [9.17, 15) is 8.42 Å². The molecule has 20 heavy (non-hydrogen) atoms. The largest absolute Gasteiger partial charge is 0.310 e. The van der Waals surface area contributed by atoms with Crippen LogP contribution in [0.1, 0.15) is 38.2 Å². The molecule has 0 spiro atoms. The third kappa shape index (κ3) is 2.90. The van der Waals surface area contributed by atoms with E-state index in [1.54, 1.807) is 10.4 Å². The highest BCUT2D eigenvalue weighted by molar-refractivity contribution is 7.89. The van der Waals surface area contributed by atoms with E-state index in [1.165, 1.54) is 12.8 Å². The molecule has 0 aliphatic heterocycles. The van der Waals surface area contributed by atoms with Crippen molar-refractivity contribution in [2.24, 2.45) is 0 Å². The molecule has 0 aromatic heterocycles. The Kier molecular flexibility index (Phi) is 3.84. The molecule has 2 aliphatic carbocycles. The van der Waals surface area contributed by atoms with Crippen molar-refractivity contribution in [1.29, 1.82) is 0 Å². The highest BCUT2D eigenvalue weighted by atomic mass is 32.2. The average molecular weight is 294 g/mol. The SMILES string of the molecule is CCN(C1CC1)S(=O)(=O)c1ccccc1CNC1CC1. The molecule has 0 atom stereocenters. The van der Waals surface area contributed by atoms with Crippen molar-refractivity contribution < 1.29 is 8.42 Å². The molecular formula is C15H22N2O2S. The summed E-state index contributed by atoms with van der Waals surface area (Å²) in [6, 6.07) is 8.18. The Morgan fingerprint density at radius 3 is 2.50 bits per heavy atom. The molecule has 1 aromatic rings. The third-order valence-corrected chi connectivity index (χ3v) is 6.11. The fourth-order valence-electron chi connectivity index (χ4n) is 2.56. The number of hydrogen-bond acceptors (Lipinski definition) is 3. The average Bonchev–Trinajstić information content (AvgIpc) is 3.31. The van der Waals surface area contributed by atoms with Gasteiger partial charge in [0.2, 0.25) is 10.0 Å². The van der Waals surface area contributed by atoms with Gasteiger partial charge in [0.25, 0.3) is 0 Å². The first-order valence-corrected chi connectivity index (χ1v) is 8.90. The summed E-state index contributed by atoms with van der Waals surface area (Å²) in [7, 11) is -3.35. The molecule has 3 rings (SSSR count). The lowest BCUT2D eigenvalue weighted by Gasteiger charge is -2.21. The first kappa shape index (κ1) is 14.0. The number of hydrogen-bond donors (Lipinski definition) is 1. The van der Waals surface area contributed by atoms with Gasteiger partial charge in [0.1, 0.15) is 0 Å². The lowest BCUT2D eigenvalue weighted by Crippen LogP contribution is -2.34. The Balaban J connectivity index is 1.86. The van der Waals surface area contributed by atoms with Crippen molar-refractivity contribution in [2.45, 2.75) is 56.1 Å². The molecule has 0 unspecified atom stereocenters. The van der Waals surface area contributed by atoms with E-state index in [0.717, 1.165) is 18.4 Å². The summed E-state index contributed by atoms with van der Waals surface area (Å²) >= 11 is 0. The smallest absolute Gasteiger partial charge is 0.243 e. The maximum Gasteiger partial charge on any atom is 0.243 e. The minimum atomic E-state index is -3.35. The number of nitrogens with one attached hydrogen (secondary N) is 1. The summed E-state index contributed by atoms with van der Waals surface area (Å²) in [5, 5.41) is 3.40. The predicted octanol–water partition coefficient (Wildman–Crippen LogP) is 2.11. The minimum Gasteiger partial charge on any atom is -0.310 e. The van der Waals surface area contributed by atoms with Gasteiger partial charge in [-0.2, -0.15) is 4.31 Å². The molecule has 1 aromatic carbocycles. The second-order valence-electron chi connectivity index (χ2n) is 5.70. The van der Waals surface area contributed by atoms with Crippen LogP contribution in [0, 0.1) is 0 Å². The maximum absolute atomic E-state index is 12.8. The van der Waals surface area contributed by atoms with Gasteiger partial charge in [-0.25, -0.2) is 8.42 Å². The van der Waals surface area contributed by atoms with Gasteiger partial charge in [0, 0.05) is 25.2 Å². The van der Waals surface area contributed by atoms with Crippen molar-refractivity contribution in [3.63, 3.8) is 0 Å². The molecule has 5 heteroatoms. The molecule has 2 fully saturated rings. The topological polar surface area (TPSA) is 49.4 Å². The van der Waals surface area contributed by atoms with Crippen LogP contribution in [0.5, 0.6) is 0 Å². The number of nitrogens with zero attached hydrogens (tertiary/aromatic N) is 1. The Morgan fingerprint density at radius 1 is 1.20 bits per heavy atom. The lowest BCUT2D eigenvalue weighted by atomic mass is 10.2. The molecule has 0 saturated heterocycles. The van der Waals surface area contributed by atoms with Gasteiger partial charge >= 0.3 is 0 Å². The summed E-state index contributed by atoms with van der Waals surface area (Å²) < 4.78 is 27.3. The molecule has 1 N–H and O–H groups in total. The van der Waals surface area contributed by atoms with Crippen LogP contribution in [0.15, 0.2) is 29.2 Å². The van der Waals surface area contributed by atoms with Crippen molar-refractivity contribution in [1.82, 2.24) is 9.62 Å². The molecular weight excluding hydrogens is 272 g/mol. The van der Waals surface area contributed by atoms with Gasteiger partial charge < -0.3 is 5.32 Å². The summed E-state index contributed by atoms with van der Waals surface area (Å²) in [6.45, 7) is 3.11. The molecule has 0 amide bonds. The maximum atomic E-state index is 12.8. The van der Waals surface area contributed by atoms with Crippen LogP contribution in [0.3, 0.4) is 0 Å². The van der Waals surface area contributed by atoms with Crippen molar-refractivity contribution >= 4 is 10.0 Å². The number of rotatable bonds is 7. The normalized spacial score (nSPS) is 19.5. The minimum absolute atomic E-state index is 0.217. The van der Waals surface area contributed by atoms with Crippen LogP contribution >= 0.6 is 0 Å². The zero-order valence-electron chi connectivity index (χ0n) is 11.9. The van der Waals surface area contributed by atoms with Crippen molar-refractivity contribution in [3.05, 3.63) is 29.8 Å². The monoisotopic (exact) mass is 294 g/mol. The zero-order chi connectivity index (χ0) is 14.2. The van der Waals surface area contributed by atoms with Crippen LogP contribution in [-0.4, -0.2) is 31.4 Å². The van der Waals surface area contributed by atoms with E-state index in [1.807, 2.05) is 25.1 Å². The summed E-state index contributed by atoms with van der Waals surface area (Å²) in [4.78, 5) is 0.474. The van der Waals surface area contributed by atoms with Crippen LogP contribution in [-0.2, 0) is 16.6 Å².